The standard InChI is InChI=1S/C50H63F3N8O7/c1-10-60-38-16-15-30-23-34(38)35(43(60)33-13-11-17-54-40(33)27(2)3)24-49(6,7)26-68-48(67)36-14-12-18-61(57-36)46(65)37(21-29-19-31(30)22-32(62)20-29)55-45(64)42(28(4)5)59(9)39(63)25-58(8)47(66)41-44(56-41)50(51,52)53/h11,13,15-17,19-20,22-23,27-28,36-37,41-42,44,56-57,62H,10,12,14,18,21,24-26H2,1-9H3,(H,55,64)/t36-,37-,41-,42-,44+/m0/s1. The number of carbonyl (C=O) groups excluding carboxylic acids is 5. The summed E-state index contributed by atoms with van der Waals surface area (Å²) in [5.41, 5.74) is 9.53. The summed E-state index contributed by atoms with van der Waals surface area (Å²) < 4.78 is 47.9. The number of hydrazine groups is 1. The summed E-state index contributed by atoms with van der Waals surface area (Å²) in [5, 5.41) is 18.5. The van der Waals surface area contributed by atoms with Crippen LogP contribution in [0, 0.1) is 11.3 Å². The Labute approximate surface area is 394 Å². The Morgan fingerprint density at radius 3 is 2.44 bits per heavy atom. The number of fused-ring (bicyclic) bond motifs is 6. The van der Waals surface area contributed by atoms with E-state index in [2.05, 4.69) is 73.4 Å². The van der Waals surface area contributed by atoms with Crippen molar-refractivity contribution in [1.82, 2.24) is 40.4 Å². The largest absolute Gasteiger partial charge is 0.508 e. The van der Waals surface area contributed by atoms with Gasteiger partial charge in [0.2, 0.25) is 17.7 Å². The summed E-state index contributed by atoms with van der Waals surface area (Å²) in [6, 6.07) is 8.37. The van der Waals surface area contributed by atoms with Crippen LogP contribution in [0.3, 0.4) is 0 Å². The molecule has 2 saturated heterocycles. The number of phenols is 1. The number of phenolic OH excluding ortho intramolecular Hbond substituents is 1. The van der Waals surface area contributed by atoms with Gasteiger partial charge in [0.25, 0.3) is 5.91 Å². The molecular weight excluding hydrogens is 882 g/mol. The maximum atomic E-state index is 14.7. The first-order valence-electron chi connectivity index (χ1n) is 23.3. The third-order valence-corrected chi connectivity index (χ3v) is 13.1. The highest BCUT2D eigenvalue weighted by atomic mass is 19.4. The van der Waals surface area contributed by atoms with Gasteiger partial charge in [-0.15, -0.1) is 0 Å². The van der Waals surface area contributed by atoms with Gasteiger partial charge in [0.05, 0.1) is 24.5 Å². The van der Waals surface area contributed by atoms with Crippen LogP contribution in [0.2, 0.25) is 0 Å². The Morgan fingerprint density at radius 2 is 1.78 bits per heavy atom. The van der Waals surface area contributed by atoms with Gasteiger partial charge in [-0.3, -0.25) is 39.3 Å². The van der Waals surface area contributed by atoms with Gasteiger partial charge in [-0.25, -0.2) is 5.43 Å². The van der Waals surface area contributed by atoms with Crippen molar-refractivity contribution in [2.75, 3.05) is 33.8 Å². The molecule has 2 aromatic heterocycles. The van der Waals surface area contributed by atoms with Gasteiger partial charge in [0.15, 0.2) is 0 Å². The number of amides is 4. The number of nitrogens with one attached hydrogen (secondary N) is 3. The number of nitrogens with zero attached hydrogens (tertiary/aromatic N) is 5. The topological polar surface area (TPSA) is 188 Å². The third kappa shape index (κ3) is 10.5. The summed E-state index contributed by atoms with van der Waals surface area (Å²) in [6.07, 6.45) is -1.55. The predicted octanol–water partition coefficient (Wildman–Crippen LogP) is 5.71. The molecule has 3 aliphatic rings. The zero-order valence-corrected chi connectivity index (χ0v) is 40.2. The number of likely N-dealkylation sites (N-methyl/N-ethyl adjacent to an activating group) is 2. The van der Waals surface area contributed by atoms with Crippen LogP contribution in [0.15, 0.2) is 54.7 Å². The molecule has 68 heavy (non-hydrogen) atoms. The zero-order chi connectivity index (χ0) is 49.6. The first kappa shape index (κ1) is 49.9. The Balaban J connectivity index is 1.26. The number of aromatic hydroxyl groups is 1. The number of esters is 1. The molecule has 2 aromatic carbocycles. The number of aromatic nitrogens is 2. The minimum absolute atomic E-state index is 0.0689. The van der Waals surface area contributed by atoms with E-state index < -0.39 is 83.9 Å². The van der Waals surface area contributed by atoms with Crippen molar-refractivity contribution in [1.29, 1.82) is 0 Å². The van der Waals surface area contributed by atoms with E-state index in [-0.39, 0.29) is 31.2 Å². The molecule has 0 saturated carbocycles. The maximum Gasteiger partial charge on any atom is 0.405 e. The van der Waals surface area contributed by atoms with Crippen LogP contribution in [0.25, 0.3) is 33.3 Å². The monoisotopic (exact) mass is 944 g/mol. The highest BCUT2D eigenvalue weighted by Gasteiger charge is 2.59. The Morgan fingerprint density at radius 1 is 1.04 bits per heavy atom. The van der Waals surface area contributed by atoms with Gasteiger partial charge in [0, 0.05) is 61.7 Å². The van der Waals surface area contributed by atoms with E-state index in [0.717, 1.165) is 48.8 Å². The molecule has 6 bridgehead atoms. The minimum atomic E-state index is -4.63. The predicted molar refractivity (Wildman–Crippen MR) is 250 cm³/mol. The number of halogens is 3. The lowest BCUT2D eigenvalue weighted by molar-refractivity contribution is -0.155. The summed E-state index contributed by atoms with van der Waals surface area (Å²) in [4.78, 5) is 76.2. The fourth-order valence-electron chi connectivity index (χ4n) is 9.69. The van der Waals surface area contributed by atoms with Gasteiger partial charge in [-0.05, 0) is 96.7 Å². The molecule has 5 heterocycles. The van der Waals surface area contributed by atoms with E-state index in [1.54, 1.807) is 26.1 Å². The molecule has 0 radical (unpaired) electrons. The minimum Gasteiger partial charge on any atom is -0.508 e. The fraction of sp³-hybridized carbons (Fsp3) is 0.520. The number of cyclic esters (lactones) is 1. The van der Waals surface area contributed by atoms with Crippen LogP contribution in [-0.2, 0) is 48.1 Å². The number of alkyl halides is 3. The van der Waals surface area contributed by atoms with E-state index in [4.69, 9.17) is 9.72 Å². The quantitative estimate of drug-likeness (QED) is 0.113. The van der Waals surface area contributed by atoms with Crippen LogP contribution >= 0.6 is 0 Å². The van der Waals surface area contributed by atoms with Crippen LogP contribution < -0.4 is 16.1 Å². The van der Waals surface area contributed by atoms with Crippen molar-refractivity contribution < 1.29 is 47.0 Å². The zero-order valence-electron chi connectivity index (χ0n) is 40.2. The van der Waals surface area contributed by atoms with Crippen molar-refractivity contribution in [3.63, 3.8) is 0 Å². The molecule has 366 valence electrons. The van der Waals surface area contributed by atoms with E-state index in [9.17, 15) is 42.3 Å². The number of rotatable bonds is 10. The second kappa shape index (κ2) is 19.5. The molecule has 7 rings (SSSR count). The van der Waals surface area contributed by atoms with Crippen LogP contribution in [-0.4, -0.2) is 129 Å². The van der Waals surface area contributed by atoms with E-state index >= 15 is 0 Å². The lowest BCUT2D eigenvalue weighted by atomic mass is 9.83. The van der Waals surface area contributed by atoms with Gasteiger partial charge >= 0.3 is 12.1 Å². The SMILES string of the molecule is CCn1c(-c2cccnc2C(C)C)c2c3cc(ccc31)-c1cc(O)cc(c1)C[C@H](NC(=O)[C@H](C(C)C)N(C)C(=O)CN(C)C(=O)[C@H]1N[C@H]1C(F)(F)F)C(=O)N1CCC[C@H](N1)C(=O)OCC(C)(C)C2. The van der Waals surface area contributed by atoms with E-state index in [1.807, 2.05) is 18.2 Å². The average Bonchev–Trinajstić information content (AvgIpc) is 4.05. The van der Waals surface area contributed by atoms with Crippen molar-refractivity contribution in [2.24, 2.45) is 11.3 Å². The van der Waals surface area contributed by atoms with Crippen molar-refractivity contribution >= 4 is 40.5 Å². The van der Waals surface area contributed by atoms with Crippen LogP contribution in [0.5, 0.6) is 5.75 Å². The number of carbonyl (C=O) groups is 5. The molecule has 0 aliphatic carbocycles. The van der Waals surface area contributed by atoms with Gasteiger partial charge in [-0.2, -0.15) is 13.2 Å². The smallest absolute Gasteiger partial charge is 0.405 e. The molecule has 15 nitrogen and oxygen atoms in total. The molecular formula is C50H63F3N8O7. The maximum absolute atomic E-state index is 14.7. The molecule has 2 fully saturated rings. The Bertz CT molecular complexity index is 2590. The van der Waals surface area contributed by atoms with Gasteiger partial charge < -0.3 is 29.5 Å². The highest BCUT2D eigenvalue weighted by molar-refractivity contribution is 5.96. The van der Waals surface area contributed by atoms with Crippen molar-refractivity contribution in [3.8, 4) is 28.1 Å². The number of benzene rings is 2. The summed E-state index contributed by atoms with van der Waals surface area (Å²) in [5.74, 6) is -3.90. The van der Waals surface area contributed by atoms with Gasteiger partial charge in [0.1, 0.15) is 36.0 Å². The van der Waals surface area contributed by atoms with E-state index in [1.165, 1.54) is 25.2 Å². The lowest BCUT2D eigenvalue weighted by Gasteiger charge is -2.37. The first-order valence-corrected chi connectivity index (χ1v) is 23.3. The third-order valence-electron chi connectivity index (χ3n) is 13.1. The Hall–Kier alpha value is -6.01. The number of pyridine rings is 1. The first-order chi connectivity index (χ1) is 32.0. The molecule has 18 heteroatoms. The average molecular weight is 945 g/mol. The van der Waals surface area contributed by atoms with Crippen molar-refractivity contribution in [2.45, 2.75) is 123 Å². The molecule has 4 N–H and O–H groups in total. The second-order valence-electron chi connectivity index (χ2n) is 19.9. The molecule has 5 atom stereocenters. The fourth-order valence-corrected chi connectivity index (χ4v) is 9.69. The van der Waals surface area contributed by atoms with Crippen LogP contribution in [0.4, 0.5) is 13.2 Å². The molecule has 0 spiro atoms. The number of aryl methyl sites for hydroxylation is 1. The van der Waals surface area contributed by atoms with E-state index in [0.29, 0.717) is 36.9 Å². The lowest BCUT2D eigenvalue weighted by Crippen LogP contribution is -2.62. The molecule has 4 amide bonds. The highest BCUT2D eigenvalue weighted by Crippen LogP contribution is 2.42. The Kier molecular flexibility index (Phi) is 14.3. The second-order valence-corrected chi connectivity index (χ2v) is 19.9. The van der Waals surface area contributed by atoms with Crippen LogP contribution in [0.1, 0.15) is 84.0 Å². The number of hydrogen-bond donors (Lipinski definition) is 4. The summed E-state index contributed by atoms with van der Waals surface area (Å²) in [7, 11) is 2.57. The summed E-state index contributed by atoms with van der Waals surface area (Å²) >= 11 is 0. The molecule has 3 aliphatic heterocycles. The molecule has 4 aromatic rings. The van der Waals surface area contributed by atoms with Crippen molar-refractivity contribution in [3.05, 3.63) is 71.5 Å². The normalized spacial score (nSPS) is 21.3. The molecule has 0 unspecified atom stereocenters. The summed E-state index contributed by atoms with van der Waals surface area (Å²) in [6.45, 7) is 14.2. The number of hydrogen-bond acceptors (Lipinski definition) is 10. The van der Waals surface area contributed by atoms with Gasteiger partial charge in [-0.1, -0.05) is 53.7 Å². The number of ether oxygens (including phenoxy) is 1.